The Kier molecular flexibility index (Phi) is 9.00. The minimum Gasteiger partial charge on any atom is -0.462 e. The van der Waals surface area contributed by atoms with Crippen molar-refractivity contribution >= 4 is 28.6 Å². The first kappa shape index (κ1) is 17.8. The fourth-order valence-corrected chi connectivity index (χ4v) is 2.66. The zero-order valence-corrected chi connectivity index (χ0v) is 13.6. The number of halogens is 1. The van der Waals surface area contributed by atoms with Gasteiger partial charge in [-0.05, 0) is 64.2 Å². The van der Waals surface area contributed by atoms with Gasteiger partial charge in [-0.3, -0.25) is 4.79 Å². The number of ether oxygens (including phenoxy) is 1. The summed E-state index contributed by atoms with van der Waals surface area (Å²) in [5, 5.41) is 0. The van der Waals surface area contributed by atoms with E-state index < -0.39 is 0 Å². The van der Waals surface area contributed by atoms with Crippen molar-refractivity contribution in [3.05, 3.63) is 61.2 Å². The van der Waals surface area contributed by atoms with Crippen molar-refractivity contribution in [2.75, 3.05) is 0 Å². The summed E-state index contributed by atoms with van der Waals surface area (Å²) in [5.74, 6) is 1.10. The predicted octanol–water partition coefficient (Wildman–Crippen LogP) is 3.27. The summed E-state index contributed by atoms with van der Waals surface area (Å²) >= 11 is 2.27. The summed E-state index contributed by atoms with van der Waals surface area (Å²) in [5.41, 5.74) is 0. The molecule has 0 N–H and O–H groups in total. The first-order valence-corrected chi connectivity index (χ1v) is 7.12. The van der Waals surface area contributed by atoms with Crippen LogP contribution in [-0.4, -0.2) is 12.1 Å². The zero-order valence-electron chi connectivity index (χ0n) is 10.4. The third-order valence-electron chi connectivity index (χ3n) is 2.82. The van der Waals surface area contributed by atoms with E-state index in [1.807, 2.05) is 51.4 Å². The molecule has 2 nitrogen and oxygen atoms in total. The second kappa shape index (κ2) is 9.62. The summed E-state index contributed by atoms with van der Waals surface area (Å²) < 4.78 is 6.46. The maximum atomic E-state index is 11.1. The van der Waals surface area contributed by atoms with Gasteiger partial charge in [0.05, 0.1) is 3.92 Å². The Balaban J connectivity index is 0.000000256. The molecule has 100 valence electrons. The Morgan fingerprint density at radius 1 is 1.05 bits per heavy atom. The van der Waals surface area contributed by atoms with E-state index in [1.165, 1.54) is 3.92 Å². The van der Waals surface area contributed by atoms with Gasteiger partial charge in [0.1, 0.15) is 6.10 Å². The number of hydrogen-bond acceptors (Lipinski definition) is 2. The second-order valence-electron chi connectivity index (χ2n) is 4.16. The number of cyclic esters (lactones) is 1. The van der Waals surface area contributed by atoms with Crippen LogP contribution in [0.5, 0.6) is 0 Å². The van der Waals surface area contributed by atoms with Crippen molar-refractivity contribution in [2.24, 2.45) is 0 Å². The predicted molar refractivity (Wildman–Crippen MR) is 78.6 cm³/mol. The second-order valence-corrected chi connectivity index (χ2v) is 5.32. The van der Waals surface area contributed by atoms with Gasteiger partial charge in [-0.2, -0.15) is 0 Å². The molecule has 0 spiro atoms. The fraction of sp³-hybridized carbons (Fsp3) is 0.267. The molecule has 0 aromatic carbocycles. The van der Waals surface area contributed by atoms with E-state index in [1.54, 1.807) is 0 Å². The standard InChI is InChI=1S/C10H10IO2.C5H5.Fe/c11-8-4-1-3-7(8)9-5-2-6-10(12)13-9;1-2-4-5-3-1;/h1,3-4,9H,2,5-6H2;1-5H;/q;;+2/t9-;;/m0../s1. The van der Waals surface area contributed by atoms with E-state index >= 15 is 0 Å². The molecular formula is C15H15FeIO2+2. The van der Waals surface area contributed by atoms with Crippen LogP contribution in [0.2, 0.25) is 0 Å². The average Bonchev–Trinajstić information content (AvgIpc) is 3.02. The van der Waals surface area contributed by atoms with Gasteiger partial charge in [-0.25, -0.2) is 0 Å². The Morgan fingerprint density at radius 2 is 1.68 bits per heavy atom. The first-order chi connectivity index (χ1) is 8.77. The molecule has 2 saturated carbocycles. The molecule has 1 aliphatic heterocycles. The molecule has 1 heterocycles. The Labute approximate surface area is 141 Å². The number of rotatable bonds is 1. The van der Waals surface area contributed by atoms with Gasteiger partial charge in [-0.15, -0.1) is 0 Å². The van der Waals surface area contributed by atoms with Gasteiger partial charge in [0.15, 0.2) is 0 Å². The average molecular weight is 410 g/mol. The quantitative estimate of drug-likeness (QED) is 0.377. The van der Waals surface area contributed by atoms with Crippen LogP contribution in [-0.2, 0) is 26.6 Å². The normalized spacial score (nSPS) is 28.3. The summed E-state index contributed by atoms with van der Waals surface area (Å²) in [6.45, 7) is 0. The Morgan fingerprint density at radius 3 is 2.16 bits per heavy atom. The molecule has 2 aliphatic carbocycles. The number of carbonyl (C=O) groups is 1. The number of carbonyl (C=O) groups excluding carboxylic acids is 1. The third kappa shape index (κ3) is 5.92. The molecule has 10 radical (unpaired) electrons. The molecule has 0 amide bonds. The van der Waals surface area contributed by atoms with Crippen LogP contribution in [0.15, 0.2) is 0 Å². The van der Waals surface area contributed by atoms with Crippen LogP contribution in [0.1, 0.15) is 19.3 Å². The van der Waals surface area contributed by atoms with Gasteiger partial charge >= 0.3 is 23.0 Å². The summed E-state index contributed by atoms with van der Waals surface area (Å²) in [6.07, 6.45) is 18.6. The molecule has 0 aromatic rings. The van der Waals surface area contributed by atoms with Crippen LogP contribution in [0, 0.1) is 61.2 Å². The minimum atomic E-state index is -0.0618. The van der Waals surface area contributed by atoms with Gasteiger partial charge in [0.25, 0.3) is 0 Å². The number of hydrogen-bond donors (Lipinski definition) is 0. The molecule has 4 heteroatoms. The Bertz CT molecular complexity index is 261. The fourth-order valence-electron chi connectivity index (χ4n) is 1.92. The maximum absolute atomic E-state index is 11.1. The van der Waals surface area contributed by atoms with Crippen LogP contribution < -0.4 is 0 Å². The summed E-state index contributed by atoms with van der Waals surface area (Å²) in [7, 11) is 0. The van der Waals surface area contributed by atoms with E-state index in [4.69, 9.17) is 4.74 Å². The molecule has 1 saturated heterocycles. The van der Waals surface area contributed by atoms with E-state index in [9.17, 15) is 4.79 Å². The first-order valence-electron chi connectivity index (χ1n) is 6.04. The van der Waals surface area contributed by atoms with Crippen molar-refractivity contribution in [3.8, 4) is 0 Å². The van der Waals surface area contributed by atoms with Gasteiger partial charge in [0.2, 0.25) is 0 Å². The van der Waals surface area contributed by atoms with Gasteiger partial charge < -0.3 is 4.74 Å². The Hall–Kier alpha value is 0.719. The molecule has 0 bridgehead atoms. The molecule has 3 rings (SSSR count). The van der Waals surface area contributed by atoms with Crippen molar-refractivity contribution in [2.45, 2.75) is 25.4 Å². The van der Waals surface area contributed by atoms with Crippen molar-refractivity contribution in [1.29, 1.82) is 0 Å². The SMILES string of the molecule is O=C1CCC[C@@H]([C]2[CH][CH][CH][C]2I)O1.[CH]1[CH][CH][CH][CH]1.[Fe+2]. The van der Waals surface area contributed by atoms with Crippen LogP contribution in [0.25, 0.3) is 0 Å². The maximum Gasteiger partial charge on any atom is 2.00 e. The molecule has 1 atom stereocenters. The van der Waals surface area contributed by atoms with Crippen molar-refractivity contribution < 1.29 is 26.6 Å². The monoisotopic (exact) mass is 410 g/mol. The van der Waals surface area contributed by atoms with Gasteiger partial charge in [0, 0.05) is 12.3 Å². The number of esters is 1. The van der Waals surface area contributed by atoms with E-state index in [2.05, 4.69) is 22.6 Å². The minimum absolute atomic E-state index is 0. The van der Waals surface area contributed by atoms with E-state index in [-0.39, 0.29) is 29.1 Å². The largest absolute Gasteiger partial charge is 2.00 e. The molecule has 0 aromatic heterocycles. The zero-order chi connectivity index (χ0) is 12.8. The van der Waals surface area contributed by atoms with Crippen LogP contribution in [0.4, 0.5) is 0 Å². The van der Waals surface area contributed by atoms with Crippen LogP contribution in [0.3, 0.4) is 0 Å². The molecule has 19 heavy (non-hydrogen) atoms. The summed E-state index contributed by atoms with van der Waals surface area (Å²) in [6, 6.07) is 0. The van der Waals surface area contributed by atoms with Crippen molar-refractivity contribution in [1.82, 2.24) is 0 Å². The van der Waals surface area contributed by atoms with E-state index in [0.29, 0.717) is 6.42 Å². The summed E-state index contributed by atoms with van der Waals surface area (Å²) in [4.78, 5) is 11.1. The van der Waals surface area contributed by atoms with E-state index in [0.717, 1.165) is 18.8 Å². The molecule has 3 aliphatic rings. The molecular weight excluding hydrogens is 395 g/mol. The third-order valence-corrected chi connectivity index (χ3v) is 3.80. The van der Waals surface area contributed by atoms with Crippen LogP contribution >= 0.6 is 22.6 Å². The van der Waals surface area contributed by atoms with Crippen molar-refractivity contribution in [3.63, 3.8) is 0 Å². The molecule has 3 fully saturated rings. The smallest absolute Gasteiger partial charge is 0.462 e. The topological polar surface area (TPSA) is 26.3 Å². The molecule has 0 unspecified atom stereocenters. The van der Waals surface area contributed by atoms with Gasteiger partial charge in [-0.1, -0.05) is 22.6 Å².